The topological polar surface area (TPSA) is 78.8 Å². The summed E-state index contributed by atoms with van der Waals surface area (Å²) in [7, 11) is 0. The van der Waals surface area contributed by atoms with Gasteiger partial charge < -0.3 is 20.3 Å². The van der Waals surface area contributed by atoms with Crippen molar-refractivity contribution >= 4 is 5.97 Å². The van der Waals surface area contributed by atoms with E-state index in [9.17, 15) is 9.90 Å². The second kappa shape index (κ2) is 5.12. The Morgan fingerprint density at radius 2 is 2.25 bits per heavy atom. The van der Waals surface area contributed by atoms with E-state index in [0.29, 0.717) is 19.6 Å². The van der Waals surface area contributed by atoms with E-state index >= 15 is 0 Å². The summed E-state index contributed by atoms with van der Waals surface area (Å²) in [5.41, 5.74) is -0.869. The van der Waals surface area contributed by atoms with Crippen molar-refractivity contribution in [3.63, 3.8) is 0 Å². The highest BCUT2D eigenvalue weighted by atomic mass is 16.5. The summed E-state index contributed by atoms with van der Waals surface area (Å²) in [6.45, 7) is 6.22. The van der Waals surface area contributed by atoms with E-state index in [-0.39, 0.29) is 12.1 Å². The van der Waals surface area contributed by atoms with Crippen LogP contribution < -0.4 is 5.32 Å². The first kappa shape index (κ1) is 13.4. The van der Waals surface area contributed by atoms with E-state index in [1.165, 1.54) is 0 Å². The Morgan fingerprint density at radius 3 is 2.69 bits per heavy atom. The van der Waals surface area contributed by atoms with Gasteiger partial charge in [-0.25, -0.2) is 0 Å². The molecule has 0 aromatic rings. The van der Waals surface area contributed by atoms with Crippen LogP contribution in [0.2, 0.25) is 0 Å². The Hall–Kier alpha value is -0.650. The van der Waals surface area contributed by atoms with Crippen LogP contribution >= 0.6 is 0 Å². The molecule has 4 unspecified atom stereocenters. The summed E-state index contributed by atoms with van der Waals surface area (Å²) in [6, 6.07) is -0.172. The van der Waals surface area contributed by atoms with E-state index in [4.69, 9.17) is 9.84 Å². The van der Waals surface area contributed by atoms with Crippen molar-refractivity contribution < 1.29 is 19.7 Å². The number of carboxylic acid groups (broad SMARTS) is 1. The number of carbonyl (C=O) groups is 1. The minimum Gasteiger partial charge on any atom is -0.481 e. The number of hydrogen-bond acceptors (Lipinski definition) is 4. The number of carboxylic acids is 1. The van der Waals surface area contributed by atoms with Gasteiger partial charge in [0.25, 0.3) is 0 Å². The molecule has 5 nitrogen and oxygen atoms in total. The van der Waals surface area contributed by atoms with Gasteiger partial charge >= 0.3 is 5.97 Å². The number of aliphatic carboxylic acids is 1. The lowest BCUT2D eigenvalue weighted by molar-refractivity contribution is -0.142. The SMILES string of the molecule is CC(NCC1(O)CCOC1C)C(C)C(=O)O. The van der Waals surface area contributed by atoms with Crippen molar-refractivity contribution in [1.29, 1.82) is 0 Å². The lowest BCUT2D eigenvalue weighted by Crippen LogP contribution is -2.50. The lowest BCUT2D eigenvalue weighted by atomic mass is 9.95. The van der Waals surface area contributed by atoms with Crippen molar-refractivity contribution in [3.05, 3.63) is 0 Å². The van der Waals surface area contributed by atoms with Gasteiger partial charge in [0.1, 0.15) is 5.60 Å². The molecule has 94 valence electrons. The summed E-state index contributed by atoms with van der Waals surface area (Å²) in [5, 5.41) is 22.1. The molecule has 0 aromatic heterocycles. The molecule has 1 aliphatic rings. The van der Waals surface area contributed by atoms with E-state index in [1.54, 1.807) is 6.92 Å². The second-order valence-electron chi connectivity index (χ2n) is 4.66. The predicted octanol–water partition coefficient (Wildman–Crippen LogP) is 0.225. The highest BCUT2D eigenvalue weighted by Gasteiger charge is 2.39. The molecule has 1 aliphatic heterocycles. The van der Waals surface area contributed by atoms with Crippen LogP contribution in [0.25, 0.3) is 0 Å². The summed E-state index contributed by atoms with van der Waals surface area (Å²) < 4.78 is 5.30. The maximum Gasteiger partial charge on any atom is 0.307 e. The summed E-state index contributed by atoms with van der Waals surface area (Å²) >= 11 is 0. The van der Waals surface area contributed by atoms with E-state index in [2.05, 4.69) is 5.32 Å². The molecule has 0 aliphatic carbocycles. The van der Waals surface area contributed by atoms with Gasteiger partial charge in [-0.15, -0.1) is 0 Å². The molecule has 5 heteroatoms. The monoisotopic (exact) mass is 231 g/mol. The lowest BCUT2D eigenvalue weighted by Gasteiger charge is -2.29. The predicted molar refractivity (Wildman–Crippen MR) is 59.2 cm³/mol. The van der Waals surface area contributed by atoms with Gasteiger partial charge in [0.2, 0.25) is 0 Å². The Bertz CT molecular complexity index is 258. The molecular weight excluding hydrogens is 210 g/mol. The minimum atomic E-state index is -0.869. The standard InChI is InChI=1S/C11H21NO4/c1-7(10(13)14)8(2)12-6-11(15)4-5-16-9(11)3/h7-9,12,15H,4-6H2,1-3H3,(H,13,14). The van der Waals surface area contributed by atoms with Crippen molar-refractivity contribution in [2.75, 3.05) is 13.2 Å². The molecule has 0 bridgehead atoms. The minimum absolute atomic E-state index is 0.172. The molecule has 4 atom stereocenters. The summed E-state index contributed by atoms with van der Waals surface area (Å²) in [6.07, 6.45) is 0.391. The quantitative estimate of drug-likeness (QED) is 0.631. The molecule has 1 saturated heterocycles. The number of aliphatic hydroxyl groups is 1. The third-order valence-electron chi connectivity index (χ3n) is 3.53. The molecule has 1 rings (SSSR count). The molecule has 0 saturated carbocycles. The molecular formula is C11H21NO4. The van der Waals surface area contributed by atoms with Gasteiger partial charge in [-0.05, 0) is 13.8 Å². The Labute approximate surface area is 95.8 Å². The summed E-state index contributed by atoms with van der Waals surface area (Å²) in [5.74, 6) is -1.30. The largest absolute Gasteiger partial charge is 0.481 e. The molecule has 3 N–H and O–H groups in total. The highest BCUT2D eigenvalue weighted by molar-refractivity contribution is 5.70. The fourth-order valence-electron chi connectivity index (χ4n) is 1.73. The van der Waals surface area contributed by atoms with Crippen LogP contribution in [0.15, 0.2) is 0 Å². The normalized spacial score (nSPS) is 33.6. The molecule has 0 spiro atoms. The molecule has 0 aromatic carbocycles. The Morgan fingerprint density at radius 1 is 1.62 bits per heavy atom. The smallest absolute Gasteiger partial charge is 0.307 e. The van der Waals surface area contributed by atoms with Crippen LogP contribution in [0.1, 0.15) is 27.2 Å². The zero-order chi connectivity index (χ0) is 12.3. The van der Waals surface area contributed by atoms with E-state index in [0.717, 1.165) is 0 Å². The third kappa shape index (κ3) is 2.93. The molecule has 1 fully saturated rings. The first-order valence-corrected chi connectivity index (χ1v) is 5.67. The van der Waals surface area contributed by atoms with Crippen LogP contribution in [0.5, 0.6) is 0 Å². The van der Waals surface area contributed by atoms with Crippen LogP contribution in [0.3, 0.4) is 0 Å². The average molecular weight is 231 g/mol. The van der Waals surface area contributed by atoms with Crippen LogP contribution in [0, 0.1) is 5.92 Å². The molecule has 16 heavy (non-hydrogen) atoms. The van der Waals surface area contributed by atoms with Gasteiger partial charge in [0.05, 0.1) is 12.0 Å². The molecule has 0 amide bonds. The number of ether oxygens (including phenoxy) is 1. The Balaban J connectivity index is 2.42. The first-order valence-electron chi connectivity index (χ1n) is 5.67. The van der Waals surface area contributed by atoms with Crippen molar-refractivity contribution in [2.24, 2.45) is 5.92 Å². The highest BCUT2D eigenvalue weighted by Crippen LogP contribution is 2.25. The summed E-state index contributed by atoms with van der Waals surface area (Å²) in [4.78, 5) is 10.8. The van der Waals surface area contributed by atoms with Crippen LogP contribution in [-0.2, 0) is 9.53 Å². The van der Waals surface area contributed by atoms with Crippen molar-refractivity contribution in [1.82, 2.24) is 5.32 Å². The average Bonchev–Trinajstić information content (AvgIpc) is 2.55. The zero-order valence-electron chi connectivity index (χ0n) is 10.1. The zero-order valence-corrected chi connectivity index (χ0v) is 10.1. The van der Waals surface area contributed by atoms with Gasteiger partial charge in [-0.3, -0.25) is 4.79 Å². The van der Waals surface area contributed by atoms with Crippen LogP contribution in [0.4, 0.5) is 0 Å². The Kier molecular flexibility index (Phi) is 4.29. The van der Waals surface area contributed by atoms with Gasteiger partial charge in [-0.2, -0.15) is 0 Å². The fraction of sp³-hybridized carbons (Fsp3) is 0.909. The van der Waals surface area contributed by atoms with Crippen LogP contribution in [-0.4, -0.2) is 47.1 Å². The maximum atomic E-state index is 10.8. The third-order valence-corrected chi connectivity index (χ3v) is 3.53. The fourth-order valence-corrected chi connectivity index (χ4v) is 1.73. The van der Waals surface area contributed by atoms with Gasteiger partial charge in [0.15, 0.2) is 0 Å². The molecule has 0 radical (unpaired) electrons. The number of nitrogens with one attached hydrogen (secondary N) is 1. The van der Waals surface area contributed by atoms with Crippen molar-refractivity contribution in [2.45, 2.75) is 44.9 Å². The molecule has 1 heterocycles. The number of rotatable bonds is 5. The van der Waals surface area contributed by atoms with E-state index < -0.39 is 17.5 Å². The first-order chi connectivity index (χ1) is 7.37. The maximum absolute atomic E-state index is 10.8. The van der Waals surface area contributed by atoms with Gasteiger partial charge in [-0.1, -0.05) is 6.92 Å². The number of hydrogen-bond donors (Lipinski definition) is 3. The van der Waals surface area contributed by atoms with Crippen molar-refractivity contribution in [3.8, 4) is 0 Å². The van der Waals surface area contributed by atoms with E-state index in [1.807, 2.05) is 13.8 Å². The van der Waals surface area contributed by atoms with Gasteiger partial charge in [0, 0.05) is 25.6 Å². The second-order valence-corrected chi connectivity index (χ2v) is 4.66.